The van der Waals surface area contributed by atoms with Crippen molar-refractivity contribution in [1.82, 2.24) is 14.9 Å². The Morgan fingerprint density at radius 2 is 2.24 bits per heavy atom. The van der Waals surface area contributed by atoms with Crippen molar-refractivity contribution in [3.05, 3.63) is 29.0 Å². The molecule has 0 bridgehead atoms. The number of unbranched alkanes of at least 4 members (excludes halogenated alkanes) is 1. The van der Waals surface area contributed by atoms with E-state index in [9.17, 15) is 0 Å². The summed E-state index contributed by atoms with van der Waals surface area (Å²) >= 11 is 5.94. The first-order valence-electron chi connectivity index (χ1n) is 6.01. The predicted molar refractivity (Wildman–Crippen MR) is 72.3 cm³/mol. The molecule has 2 rings (SSSR count). The zero-order valence-corrected chi connectivity index (χ0v) is 11.1. The zero-order chi connectivity index (χ0) is 12.3. The minimum Gasteiger partial charge on any atom is -0.341 e. The minimum atomic E-state index is 0.743. The molecule has 1 heterocycles. The number of fused-ring (bicyclic) bond motifs is 1. The second-order valence-electron chi connectivity index (χ2n) is 4.44. The van der Waals surface area contributed by atoms with E-state index in [1.54, 1.807) is 0 Å². The summed E-state index contributed by atoms with van der Waals surface area (Å²) < 4.78 is 0. The van der Waals surface area contributed by atoms with Crippen molar-refractivity contribution in [1.29, 1.82) is 0 Å². The molecule has 0 saturated carbocycles. The van der Waals surface area contributed by atoms with E-state index in [0.29, 0.717) is 0 Å². The second-order valence-corrected chi connectivity index (χ2v) is 4.87. The third-order valence-electron chi connectivity index (χ3n) is 2.81. The fourth-order valence-corrected chi connectivity index (χ4v) is 2.04. The fraction of sp³-hybridized carbons (Fsp3) is 0.462. The average Bonchev–Trinajstić information content (AvgIpc) is 2.67. The van der Waals surface area contributed by atoms with Gasteiger partial charge in [-0.3, -0.25) is 4.90 Å². The van der Waals surface area contributed by atoms with Crippen molar-refractivity contribution < 1.29 is 0 Å². The van der Waals surface area contributed by atoms with Crippen molar-refractivity contribution in [2.45, 2.75) is 26.3 Å². The molecule has 0 amide bonds. The van der Waals surface area contributed by atoms with Gasteiger partial charge in [-0.2, -0.15) is 0 Å². The minimum absolute atomic E-state index is 0.743. The Bertz CT molecular complexity index is 492. The second kappa shape index (κ2) is 5.52. The lowest BCUT2D eigenvalue weighted by Gasteiger charge is -2.13. The number of hydrogen-bond donors (Lipinski definition) is 1. The molecule has 0 spiro atoms. The lowest BCUT2D eigenvalue weighted by molar-refractivity contribution is 0.314. The van der Waals surface area contributed by atoms with Crippen molar-refractivity contribution in [3.8, 4) is 0 Å². The first-order chi connectivity index (χ1) is 8.19. The van der Waals surface area contributed by atoms with Crippen LogP contribution < -0.4 is 0 Å². The Kier molecular flexibility index (Phi) is 4.02. The molecule has 3 nitrogen and oxygen atoms in total. The summed E-state index contributed by atoms with van der Waals surface area (Å²) in [6, 6.07) is 5.73. The van der Waals surface area contributed by atoms with Crippen molar-refractivity contribution in [2.75, 3.05) is 13.6 Å². The predicted octanol–water partition coefficient (Wildman–Crippen LogP) is 3.45. The highest BCUT2D eigenvalue weighted by molar-refractivity contribution is 6.31. The summed E-state index contributed by atoms with van der Waals surface area (Å²) in [7, 11) is 2.12. The third kappa shape index (κ3) is 3.20. The highest BCUT2D eigenvalue weighted by atomic mass is 35.5. The number of aromatic nitrogens is 2. The molecule has 0 atom stereocenters. The van der Waals surface area contributed by atoms with Crippen LogP contribution in [0.4, 0.5) is 0 Å². The van der Waals surface area contributed by atoms with Crippen LogP contribution in [0.3, 0.4) is 0 Å². The van der Waals surface area contributed by atoms with Gasteiger partial charge in [0.2, 0.25) is 0 Å². The van der Waals surface area contributed by atoms with E-state index in [1.165, 1.54) is 12.8 Å². The lowest BCUT2D eigenvalue weighted by Crippen LogP contribution is -2.19. The first-order valence-corrected chi connectivity index (χ1v) is 6.39. The molecular weight excluding hydrogens is 234 g/mol. The van der Waals surface area contributed by atoms with Gasteiger partial charge in [-0.15, -0.1) is 0 Å². The monoisotopic (exact) mass is 251 g/mol. The standard InChI is InChI=1S/C13H18ClN3/c1-3-4-7-17(2)9-13-15-11-6-5-10(14)8-12(11)16-13/h5-6,8H,3-4,7,9H2,1-2H3,(H,15,16). The smallest absolute Gasteiger partial charge is 0.121 e. The molecule has 0 aliphatic carbocycles. The molecule has 4 heteroatoms. The molecule has 0 fully saturated rings. The molecular formula is C13H18ClN3. The highest BCUT2D eigenvalue weighted by Crippen LogP contribution is 2.17. The first kappa shape index (κ1) is 12.4. The number of halogens is 1. The molecule has 0 radical (unpaired) electrons. The average molecular weight is 252 g/mol. The Balaban J connectivity index is 2.08. The molecule has 92 valence electrons. The molecule has 0 saturated heterocycles. The van der Waals surface area contributed by atoms with Crippen LogP contribution in [0.5, 0.6) is 0 Å². The van der Waals surface area contributed by atoms with E-state index >= 15 is 0 Å². The van der Waals surface area contributed by atoms with Crippen LogP contribution in [-0.4, -0.2) is 28.5 Å². The molecule has 1 aromatic heterocycles. The summed E-state index contributed by atoms with van der Waals surface area (Å²) in [5.41, 5.74) is 1.99. The van der Waals surface area contributed by atoms with Crippen molar-refractivity contribution in [3.63, 3.8) is 0 Å². The van der Waals surface area contributed by atoms with Crippen LogP contribution in [0.15, 0.2) is 18.2 Å². The molecule has 0 aliphatic rings. The number of H-pyrrole nitrogens is 1. The number of benzene rings is 1. The lowest BCUT2D eigenvalue weighted by atomic mass is 10.3. The summed E-state index contributed by atoms with van der Waals surface area (Å²) in [5.74, 6) is 1.00. The summed E-state index contributed by atoms with van der Waals surface area (Å²) in [6.45, 7) is 4.16. The number of nitrogens with zero attached hydrogens (tertiary/aromatic N) is 2. The van der Waals surface area contributed by atoms with E-state index in [0.717, 1.165) is 35.0 Å². The van der Waals surface area contributed by atoms with Crippen LogP contribution >= 0.6 is 11.6 Å². The van der Waals surface area contributed by atoms with Gasteiger partial charge in [0, 0.05) is 5.02 Å². The maximum atomic E-state index is 5.94. The Morgan fingerprint density at radius 1 is 1.41 bits per heavy atom. The van der Waals surface area contributed by atoms with E-state index in [1.807, 2.05) is 18.2 Å². The summed E-state index contributed by atoms with van der Waals surface area (Å²) in [6.07, 6.45) is 2.45. The Labute approximate surface area is 107 Å². The van der Waals surface area contributed by atoms with Crippen molar-refractivity contribution >= 4 is 22.6 Å². The van der Waals surface area contributed by atoms with Gasteiger partial charge in [-0.1, -0.05) is 24.9 Å². The van der Waals surface area contributed by atoms with Crippen molar-refractivity contribution in [2.24, 2.45) is 0 Å². The highest BCUT2D eigenvalue weighted by Gasteiger charge is 2.05. The van der Waals surface area contributed by atoms with E-state index in [2.05, 4.69) is 28.8 Å². The maximum Gasteiger partial charge on any atom is 0.121 e. The summed E-state index contributed by atoms with van der Waals surface area (Å²) in [5, 5.41) is 0.743. The van der Waals surface area contributed by atoms with Crippen LogP contribution in [0, 0.1) is 0 Å². The van der Waals surface area contributed by atoms with Gasteiger partial charge < -0.3 is 4.98 Å². The van der Waals surface area contributed by atoms with Gasteiger partial charge in [-0.05, 0) is 38.2 Å². The van der Waals surface area contributed by atoms with E-state index in [4.69, 9.17) is 11.6 Å². The van der Waals surface area contributed by atoms with Crippen LogP contribution in [0.25, 0.3) is 11.0 Å². The molecule has 2 aromatic rings. The molecule has 0 unspecified atom stereocenters. The number of rotatable bonds is 5. The molecule has 0 aliphatic heterocycles. The normalized spacial score (nSPS) is 11.5. The third-order valence-corrected chi connectivity index (χ3v) is 3.04. The van der Waals surface area contributed by atoms with Gasteiger partial charge in [-0.25, -0.2) is 4.98 Å². The number of imidazole rings is 1. The SMILES string of the molecule is CCCCN(C)Cc1nc2ccc(Cl)cc2[nH]1. The van der Waals surface area contributed by atoms with Gasteiger partial charge in [0.05, 0.1) is 17.6 Å². The van der Waals surface area contributed by atoms with Crippen LogP contribution in [0.2, 0.25) is 5.02 Å². The molecule has 1 N–H and O–H groups in total. The molecule has 1 aromatic carbocycles. The largest absolute Gasteiger partial charge is 0.341 e. The zero-order valence-electron chi connectivity index (χ0n) is 10.3. The Morgan fingerprint density at radius 3 is 3.00 bits per heavy atom. The van der Waals surface area contributed by atoms with Gasteiger partial charge in [0.1, 0.15) is 5.82 Å². The van der Waals surface area contributed by atoms with Crippen LogP contribution in [0.1, 0.15) is 25.6 Å². The fourth-order valence-electron chi connectivity index (χ4n) is 1.87. The molecule has 17 heavy (non-hydrogen) atoms. The number of nitrogens with one attached hydrogen (secondary N) is 1. The van der Waals surface area contributed by atoms with E-state index < -0.39 is 0 Å². The summed E-state index contributed by atoms with van der Waals surface area (Å²) in [4.78, 5) is 10.1. The number of hydrogen-bond acceptors (Lipinski definition) is 2. The van der Waals surface area contributed by atoms with Gasteiger partial charge in [0.15, 0.2) is 0 Å². The van der Waals surface area contributed by atoms with Crippen LogP contribution in [-0.2, 0) is 6.54 Å². The van der Waals surface area contributed by atoms with Gasteiger partial charge in [0.25, 0.3) is 0 Å². The quantitative estimate of drug-likeness (QED) is 0.883. The van der Waals surface area contributed by atoms with Gasteiger partial charge >= 0.3 is 0 Å². The van der Waals surface area contributed by atoms with E-state index in [-0.39, 0.29) is 0 Å². The maximum absolute atomic E-state index is 5.94. The number of aromatic amines is 1. The Hall–Kier alpha value is -1.06. The topological polar surface area (TPSA) is 31.9 Å².